The fraction of sp³-hybridized carbons (Fsp3) is 0.375. The number of hydrogen-bond donors (Lipinski definition) is 0. The largest absolute Gasteiger partial charge is 0.260 e. The molecule has 1 unspecified atom stereocenters. The van der Waals surface area contributed by atoms with Crippen molar-refractivity contribution in [2.75, 3.05) is 6.54 Å². The zero-order valence-electron chi connectivity index (χ0n) is 16.3. The van der Waals surface area contributed by atoms with Crippen molar-refractivity contribution in [2.45, 2.75) is 46.0 Å². The Balaban J connectivity index is 1.65. The van der Waals surface area contributed by atoms with Crippen LogP contribution in [-0.2, 0) is 12.8 Å². The molecule has 3 nitrogen and oxygen atoms in total. The molecule has 0 saturated carbocycles. The summed E-state index contributed by atoms with van der Waals surface area (Å²) >= 11 is 0. The summed E-state index contributed by atoms with van der Waals surface area (Å²) in [6, 6.07) is 15.0. The van der Waals surface area contributed by atoms with Crippen LogP contribution in [0.15, 0.2) is 46.4 Å². The van der Waals surface area contributed by atoms with Crippen LogP contribution < -0.4 is 0 Å². The van der Waals surface area contributed by atoms with Gasteiger partial charge in [0, 0.05) is 5.56 Å². The molecule has 0 saturated heterocycles. The molecule has 1 atom stereocenters. The number of nitrogens with zero attached hydrogens (tertiary/aromatic N) is 3. The van der Waals surface area contributed by atoms with Gasteiger partial charge in [-0.1, -0.05) is 51.1 Å². The summed E-state index contributed by atoms with van der Waals surface area (Å²) in [4.78, 5) is 9.58. The van der Waals surface area contributed by atoms with E-state index in [-0.39, 0.29) is 0 Å². The lowest BCUT2D eigenvalue weighted by atomic mass is 9.95. The highest BCUT2D eigenvalue weighted by Gasteiger charge is 2.24. The van der Waals surface area contributed by atoms with Crippen molar-refractivity contribution >= 4 is 11.5 Å². The Kier molecular flexibility index (Phi) is 4.66. The lowest BCUT2D eigenvalue weighted by Gasteiger charge is -2.09. The number of fused-ring (bicyclic) bond motifs is 1. The van der Waals surface area contributed by atoms with Crippen molar-refractivity contribution in [1.82, 2.24) is 0 Å². The van der Waals surface area contributed by atoms with E-state index in [0.29, 0.717) is 18.4 Å². The lowest BCUT2D eigenvalue weighted by Crippen LogP contribution is -2.05. The van der Waals surface area contributed by atoms with Crippen molar-refractivity contribution in [2.24, 2.45) is 15.9 Å². The van der Waals surface area contributed by atoms with Gasteiger partial charge in [0.25, 0.3) is 0 Å². The van der Waals surface area contributed by atoms with Crippen molar-refractivity contribution in [3.63, 3.8) is 0 Å². The molecule has 0 N–H and O–H groups in total. The van der Waals surface area contributed by atoms with Gasteiger partial charge in [-0.25, -0.2) is 4.99 Å². The van der Waals surface area contributed by atoms with Gasteiger partial charge in [0.05, 0.1) is 23.9 Å². The third-order valence-electron chi connectivity index (χ3n) is 5.62. The summed E-state index contributed by atoms with van der Waals surface area (Å²) in [5, 5.41) is 9.54. The molecule has 3 heteroatoms. The van der Waals surface area contributed by atoms with E-state index in [9.17, 15) is 5.26 Å². The van der Waals surface area contributed by atoms with Gasteiger partial charge < -0.3 is 0 Å². The highest BCUT2D eigenvalue weighted by Crippen LogP contribution is 2.35. The fourth-order valence-electron chi connectivity index (χ4n) is 4.20. The molecule has 1 heterocycles. The molecular formula is C24H25N3. The third-order valence-corrected chi connectivity index (χ3v) is 5.62. The average molecular weight is 355 g/mol. The van der Waals surface area contributed by atoms with Crippen LogP contribution in [0.2, 0.25) is 0 Å². The van der Waals surface area contributed by atoms with Gasteiger partial charge in [0.15, 0.2) is 5.84 Å². The van der Waals surface area contributed by atoms with E-state index in [1.807, 2.05) is 6.07 Å². The molecule has 0 radical (unpaired) electrons. The standard InChI is InChI=1S/C24H25N3/c1-15(2)11-17-8-9-18(12-19(17)13-25)23-14-26-24(27-23)22-6-4-5-20-16(3)7-10-21(20)22/h4-6,8-9,12,15-16H,7,10-11,14H2,1-3H3. The molecule has 4 rings (SSSR count). The lowest BCUT2D eigenvalue weighted by molar-refractivity contribution is 0.646. The molecule has 0 fully saturated rings. The second kappa shape index (κ2) is 7.12. The minimum atomic E-state index is 0.532. The van der Waals surface area contributed by atoms with Crippen LogP contribution in [0.25, 0.3) is 0 Å². The summed E-state index contributed by atoms with van der Waals surface area (Å²) in [6.45, 7) is 7.23. The van der Waals surface area contributed by atoms with Crippen molar-refractivity contribution in [3.8, 4) is 6.07 Å². The minimum Gasteiger partial charge on any atom is -0.260 e. The Morgan fingerprint density at radius 3 is 2.85 bits per heavy atom. The molecule has 0 aromatic heterocycles. The molecule has 2 aromatic rings. The first-order valence-electron chi connectivity index (χ1n) is 9.84. The van der Waals surface area contributed by atoms with Gasteiger partial charge in [-0.15, -0.1) is 0 Å². The van der Waals surface area contributed by atoms with E-state index in [2.05, 4.69) is 57.2 Å². The number of rotatable bonds is 4. The molecule has 2 aromatic carbocycles. The van der Waals surface area contributed by atoms with E-state index in [1.54, 1.807) is 0 Å². The summed E-state index contributed by atoms with van der Waals surface area (Å²) in [6.07, 6.45) is 3.24. The second-order valence-corrected chi connectivity index (χ2v) is 8.09. The minimum absolute atomic E-state index is 0.532. The fourth-order valence-corrected chi connectivity index (χ4v) is 4.20. The van der Waals surface area contributed by atoms with Gasteiger partial charge >= 0.3 is 0 Å². The molecule has 0 spiro atoms. The molecule has 0 bridgehead atoms. The van der Waals surface area contributed by atoms with Crippen LogP contribution >= 0.6 is 0 Å². The summed E-state index contributed by atoms with van der Waals surface area (Å²) in [5.74, 6) is 2.00. The predicted molar refractivity (Wildman–Crippen MR) is 111 cm³/mol. The average Bonchev–Trinajstić information content (AvgIpc) is 3.29. The Hall–Kier alpha value is -2.73. The normalized spacial score (nSPS) is 18.3. The molecule has 136 valence electrons. The number of aliphatic imine (C=N–C) groups is 2. The van der Waals surface area contributed by atoms with Crippen LogP contribution in [0.5, 0.6) is 0 Å². The van der Waals surface area contributed by atoms with Crippen molar-refractivity contribution in [1.29, 1.82) is 5.26 Å². The van der Waals surface area contributed by atoms with Crippen LogP contribution in [0.3, 0.4) is 0 Å². The van der Waals surface area contributed by atoms with Crippen LogP contribution in [-0.4, -0.2) is 18.1 Å². The smallest absolute Gasteiger partial charge is 0.155 e. The molecule has 27 heavy (non-hydrogen) atoms. The third kappa shape index (κ3) is 3.32. The Bertz CT molecular complexity index is 989. The number of nitriles is 1. The maximum atomic E-state index is 9.54. The second-order valence-electron chi connectivity index (χ2n) is 8.09. The van der Waals surface area contributed by atoms with Crippen molar-refractivity contribution in [3.05, 3.63) is 69.8 Å². The Morgan fingerprint density at radius 1 is 1.22 bits per heavy atom. The SMILES string of the molecule is CC(C)Cc1ccc(C2=NC(c3cccc4c3CCC4C)=NC2)cc1C#N. The molecular weight excluding hydrogens is 330 g/mol. The van der Waals surface area contributed by atoms with Gasteiger partial charge in [-0.3, -0.25) is 4.99 Å². The van der Waals surface area contributed by atoms with Gasteiger partial charge in [-0.2, -0.15) is 5.26 Å². The van der Waals surface area contributed by atoms with E-state index >= 15 is 0 Å². The van der Waals surface area contributed by atoms with Crippen molar-refractivity contribution < 1.29 is 0 Å². The summed E-state index contributed by atoms with van der Waals surface area (Å²) in [7, 11) is 0. The first-order valence-corrected chi connectivity index (χ1v) is 9.84. The zero-order valence-corrected chi connectivity index (χ0v) is 16.3. The van der Waals surface area contributed by atoms with E-state index in [1.165, 1.54) is 23.1 Å². The Morgan fingerprint density at radius 2 is 2.07 bits per heavy atom. The first-order chi connectivity index (χ1) is 13.1. The predicted octanol–water partition coefficient (Wildman–Crippen LogP) is 5.06. The van der Waals surface area contributed by atoms with E-state index in [0.717, 1.165) is 41.1 Å². The quantitative estimate of drug-likeness (QED) is 0.756. The monoisotopic (exact) mass is 355 g/mol. The topological polar surface area (TPSA) is 48.5 Å². The summed E-state index contributed by atoms with van der Waals surface area (Å²) < 4.78 is 0. The maximum Gasteiger partial charge on any atom is 0.155 e. The van der Waals surface area contributed by atoms with Gasteiger partial charge in [0.2, 0.25) is 0 Å². The molecule has 1 aliphatic heterocycles. The van der Waals surface area contributed by atoms with E-state index in [4.69, 9.17) is 9.98 Å². The number of benzene rings is 2. The molecule has 2 aliphatic rings. The van der Waals surface area contributed by atoms with Gasteiger partial charge in [-0.05, 0) is 59.4 Å². The highest BCUT2D eigenvalue weighted by atomic mass is 15.0. The van der Waals surface area contributed by atoms with Crippen LogP contribution in [0.1, 0.15) is 66.5 Å². The first kappa shape index (κ1) is 17.7. The number of amidine groups is 1. The number of hydrogen-bond acceptors (Lipinski definition) is 3. The highest BCUT2D eigenvalue weighted by molar-refractivity contribution is 6.17. The summed E-state index contributed by atoms with van der Waals surface area (Å²) in [5.41, 5.74) is 7.89. The van der Waals surface area contributed by atoms with Crippen LogP contribution in [0.4, 0.5) is 0 Å². The zero-order chi connectivity index (χ0) is 19.0. The molecule has 0 amide bonds. The maximum absolute atomic E-state index is 9.54. The van der Waals surface area contributed by atoms with Gasteiger partial charge in [0.1, 0.15) is 0 Å². The van der Waals surface area contributed by atoms with E-state index < -0.39 is 0 Å². The Labute approximate surface area is 161 Å². The molecule has 1 aliphatic carbocycles. The van der Waals surface area contributed by atoms with Crippen LogP contribution in [0, 0.1) is 17.2 Å².